The van der Waals surface area contributed by atoms with E-state index in [0.29, 0.717) is 0 Å². The number of para-hydroxylation sites is 1. The van der Waals surface area contributed by atoms with Gasteiger partial charge in [0, 0.05) is 26.5 Å². The predicted molar refractivity (Wildman–Crippen MR) is 160 cm³/mol. The summed E-state index contributed by atoms with van der Waals surface area (Å²) in [5.41, 5.74) is 10.2. The summed E-state index contributed by atoms with van der Waals surface area (Å²) in [6.45, 7) is 11.3. The Bertz CT molecular complexity index is 1520. The minimum atomic E-state index is -0.993. The minimum Gasteiger partial charge on any atom is -0.296 e. The number of anilines is 4. The lowest BCUT2D eigenvalue weighted by molar-refractivity contribution is 0.660. The molecule has 4 heteroatoms. The fourth-order valence-electron chi connectivity index (χ4n) is 5.62. The lowest BCUT2D eigenvalue weighted by atomic mass is 9.82. The number of hydrogen-bond donors (Lipinski definition) is 0. The van der Waals surface area contributed by atoms with Gasteiger partial charge in [0.2, 0.25) is 0 Å². The third-order valence-electron chi connectivity index (χ3n) is 7.20. The Labute approximate surface area is 223 Å². The fraction of sp³-hybridized carbons (Fsp3) is 0.125. The summed E-state index contributed by atoms with van der Waals surface area (Å²) < 4.78 is 6.09. The van der Waals surface area contributed by atoms with Crippen molar-refractivity contribution in [3.05, 3.63) is 131 Å². The van der Waals surface area contributed by atoms with Crippen molar-refractivity contribution in [2.75, 3.05) is 9.34 Å². The maximum Gasteiger partial charge on any atom is 0.138 e. The third kappa shape index (κ3) is 3.41. The molecular weight excluding hydrogens is 523 g/mol. The van der Waals surface area contributed by atoms with E-state index in [1.165, 1.54) is 45.0 Å². The average molecular weight is 551 g/mol. The van der Waals surface area contributed by atoms with Crippen molar-refractivity contribution >= 4 is 46.9 Å². The van der Waals surface area contributed by atoms with Gasteiger partial charge < -0.3 is 0 Å². The van der Waals surface area contributed by atoms with Gasteiger partial charge in [0.1, 0.15) is 8.22 Å². The van der Waals surface area contributed by atoms with Crippen LogP contribution in [0.5, 0.6) is 0 Å². The number of fused-ring (bicyclic) bond motifs is 4. The Morgan fingerprint density at radius 3 is 2.31 bits per heavy atom. The monoisotopic (exact) mass is 550 g/mol. The lowest BCUT2D eigenvalue weighted by Crippen LogP contribution is -2.17. The molecule has 178 valence electrons. The van der Waals surface area contributed by atoms with Crippen LogP contribution in [0.3, 0.4) is 0 Å². The molecule has 1 unspecified atom stereocenters. The van der Waals surface area contributed by atoms with E-state index in [9.17, 15) is 0 Å². The molecule has 1 heterocycles. The van der Waals surface area contributed by atoms with Crippen LogP contribution < -0.4 is 9.34 Å². The highest BCUT2D eigenvalue weighted by Crippen LogP contribution is 2.70. The molecule has 6 rings (SSSR count). The molecule has 0 N–H and O–H groups in total. The van der Waals surface area contributed by atoms with E-state index in [1.807, 2.05) is 0 Å². The molecule has 0 radical (unpaired) electrons. The van der Waals surface area contributed by atoms with Crippen LogP contribution in [-0.4, -0.2) is 0 Å². The molecule has 0 saturated heterocycles. The molecule has 1 aliphatic carbocycles. The van der Waals surface area contributed by atoms with Crippen molar-refractivity contribution in [3.63, 3.8) is 0 Å². The van der Waals surface area contributed by atoms with Crippen molar-refractivity contribution in [2.45, 2.75) is 26.2 Å². The van der Waals surface area contributed by atoms with Crippen molar-refractivity contribution in [1.29, 1.82) is 0 Å². The average Bonchev–Trinajstić information content (AvgIpc) is 3.34. The molecule has 0 bridgehead atoms. The highest BCUT2D eigenvalue weighted by atomic mass is 79.9. The topological polar surface area (TPSA) is 6.48 Å². The molecule has 0 saturated carbocycles. The van der Waals surface area contributed by atoms with Crippen LogP contribution in [-0.2, 0) is 5.41 Å². The van der Waals surface area contributed by atoms with Crippen molar-refractivity contribution in [2.24, 2.45) is 0 Å². The molecule has 2 aliphatic rings. The zero-order valence-electron chi connectivity index (χ0n) is 20.7. The molecule has 0 spiro atoms. The van der Waals surface area contributed by atoms with Gasteiger partial charge in [-0.25, -0.2) is 0 Å². The Hall–Kier alpha value is -3.13. The summed E-state index contributed by atoms with van der Waals surface area (Å²) in [6, 6.07) is 33.0. The van der Waals surface area contributed by atoms with Crippen LogP contribution >= 0.6 is 24.2 Å². The first-order chi connectivity index (χ1) is 17.4. The van der Waals surface area contributed by atoms with Gasteiger partial charge in [-0.1, -0.05) is 103 Å². The van der Waals surface area contributed by atoms with E-state index in [2.05, 4.69) is 156 Å². The van der Waals surface area contributed by atoms with E-state index in [-0.39, 0.29) is 5.41 Å². The first-order valence-electron chi connectivity index (χ1n) is 12.2. The number of halogens is 1. The first kappa shape index (κ1) is 23.3. The zero-order valence-corrected chi connectivity index (χ0v) is 23.2. The molecule has 0 amide bonds. The molecular formula is C32H28BrN2P. The second kappa shape index (κ2) is 8.76. The van der Waals surface area contributed by atoms with E-state index in [4.69, 9.17) is 0 Å². The van der Waals surface area contributed by atoms with Crippen LogP contribution in [0.15, 0.2) is 120 Å². The summed E-state index contributed by atoms with van der Waals surface area (Å²) in [6.07, 6.45) is 4.26. The van der Waals surface area contributed by atoms with Crippen molar-refractivity contribution < 1.29 is 0 Å². The highest BCUT2D eigenvalue weighted by molar-refractivity contribution is 9.10. The van der Waals surface area contributed by atoms with E-state index in [0.717, 1.165) is 9.79 Å². The van der Waals surface area contributed by atoms with E-state index >= 15 is 0 Å². The normalized spacial score (nSPS) is 17.3. The quantitative estimate of drug-likeness (QED) is 0.184. The van der Waals surface area contributed by atoms with Crippen molar-refractivity contribution in [3.8, 4) is 11.1 Å². The van der Waals surface area contributed by atoms with E-state index < -0.39 is 8.22 Å². The van der Waals surface area contributed by atoms with Gasteiger partial charge in [-0.2, -0.15) is 0 Å². The second-order valence-electron chi connectivity index (χ2n) is 9.74. The lowest BCUT2D eigenvalue weighted by Gasteiger charge is -2.34. The highest BCUT2D eigenvalue weighted by Gasteiger charge is 2.43. The van der Waals surface area contributed by atoms with Gasteiger partial charge in [0.15, 0.2) is 0 Å². The third-order valence-corrected chi connectivity index (χ3v) is 9.99. The van der Waals surface area contributed by atoms with Gasteiger partial charge in [0.05, 0.1) is 17.1 Å². The first-order valence-corrected chi connectivity index (χ1v) is 14.3. The van der Waals surface area contributed by atoms with Gasteiger partial charge in [0.25, 0.3) is 0 Å². The number of nitrogens with zero attached hydrogens (tertiary/aromatic N) is 2. The smallest absolute Gasteiger partial charge is 0.138 e. The molecule has 0 aromatic heterocycles. The molecule has 0 fully saturated rings. The number of benzene rings is 4. The number of allylic oxidation sites excluding steroid dienone is 3. The Morgan fingerprint density at radius 2 is 1.53 bits per heavy atom. The summed E-state index contributed by atoms with van der Waals surface area (Å²) in [5, 5.41) is 1.10. The van der Waals surface area contributed by atoms with Gasteiger partial charge >= 0.3 is 0 Å². The number of hydrogen-bond acceptors (Lipinski definition) is 2. The maximum absolute atomic E-state index is 4.60. The van der Waals surface area contributed by atoms with E-state index in [1.54, 1.807) is 0 Å². The zero-order chi connectivity index (χ0) is 25.0. The Morgan fingerprint density at radius 1 is 0.806 bits per heavy atom. The van der Waals surface area contributed by atoms with Gasteiger partial charge in [-0.05, 0) is 60.0 Å². The molecule has 1 atom stereocenters. The molecule has 4 aromatic rings. The maximum atomic E-state index is 4.60. The van der Waals surface area contributed by atoms with Crippen LogP contribution in [0.2, 0.25) is 0 Å². The standard InChI is InChI=1S/C32H28BrN2P/c1-5-12-22(2)36-34(24-13-7-6-8-14-24)30-21-23(33)19-20-28(30)35(36)29-18-11-17-27-31(29)25-15-9-10-16-26(25)32(27,3)4/h5-21H,2H2,1,3-4H3/b12-5-. The SMILES string of the molecule is C=C(/C=C\C)P1N(c2ccccc2)c2cc(Br)ccc2N1c1cccc2c1-c1ccccc1C2(C)C. The van der Waals surface area contributed by atoms with Crippen LogP contribution in [0.4, 0.5) is 22.7 Å². The minimum absolute atomic E-state index is 0.0492. The Kier molecular flexibility index (Phi) is 5.67. The molecule has 2 nitrogen and oxygen atoms in total. The van der Waals surface area contributed by atoms with Crippen LogP contribution in [0.25, 0.3) is 11.1 Å². The van der Waals surface area contributed by atoms with Crippen LogP contribution in [0.1, 0.15) is 31.9 Å². The summed E-state index contributed by atoms with van der Waals surface area (Å²) in [4.78, 5) is 0. The predicted octanol–water partition coefficient (Wildman–Crippen LogP) is 10.4. The van der Waals surface area contributed by atoms with Crippen molar-refractivity contribution in [1.82, 2.24) is 0 Å². The fourth-order valence-corrected chi connectivity index (χ4v) is 8.40. The largest absolute Gasteiger partial charge is 0.296 e. The molecule has 36 heavy (non-hydrogen) atoms. The molecule has 4 aromatic carbocycles. The second-order valence-corrected chi connectivity index (χ2v) is 12.6. The summed E-state index contributed by atoms with van der Waals surface area (Å²) >= 11 is 3.74. The van der Waals surface area contributed by atoms with Gasteiger partial charge in [-0.3, -0.25) is 9.34 Å². The van der Waals surface area contributed by atoms with Crippen LogP contribution in [0, 0.1) is 0 Å². The molecule has 1 aliphatic heterocycles. The Balaban J connectivity index is 1.66. The number of rotatable bonds is 4. The summed E-state index contributed by atoms with van der Waals surface area (Å²) in [5.74, 6) is 0. The summed E-state index contributed by atoms with van der Waals surface area (Å²) in [7, 11) is -0.993. The van der Waals surface area contributed by atoms with Gasteiger partial charge in [-0.15, -0.1) is 0 Å².